The molecule has 1 aromatic carbocycles. The number of hydrogen-bond donors (Lipinski definition) is 0. The summed E-state index contributed by atoms with van der Waals surface area (Å²) in [5.41, 5.74) is 0.810. The minimum absolute atomic E-state index is 0.160. The zero-order valence-corrected chi connectivity index (χ0v) is 14.2. The van der Waals surface area contributed by atoms with Crippen LogP contribution in [0.15, 0.2) is 30.3 Å². The molecule has 1 atom stereocenters. The van der Waals surface area contributed by atoms with Crippen LogP contribution in [0.2, 0.25) is 0 Å². The van der Waals surface area contributed by atoms with Crippen LogP contribution in [0.1, 0.15) is 18.4 Å². The maximum absolute atomic E-state index is 12.3. The predicted molar refractivity (Wildman–Crippen MR) is 90.3 cm³/mol. The lowest BCUT2D eigenvalue weighted by molar-refractivity contribution is -0.130. The van der Waals surface area contributed by atoms with Gasteiger partial charge in [-0.05, 0) is 5.56 Å². The molecule has 124 valence electrons. The molecule has 2 heterocycles. The number of likely N-dealkylation sites (N-methyl/N-ethyl adjacent to an activating group) is 1. The highest BCUT2D eigenvalue weighted by molar-refractivity contribution is 7.98. The van der Waals surface area contributed by atoms with Crippen molar-refractivity contribution in [2.24, 2.45) is 0 Å². The van der Waals surface area contributed by atoms with Crippen molar-refractivity contribution in [2.45, 2.75) is 24.2 Å². The van der Waals surface area contributed by atoms with Gasteiger partial charge in [0.15, 0.2) is 5.60 Å². The number of benzene rings is 1. The first-order valence-electron chi connectivity index (χ1n) is 7.92. The lowest BCUT2D eigenvalue weighted by Crippen LogP contribution is -2.39. The molecule has 0 aliphatic carbocycles. The van der Waals surface area contributed by atoms with Crippen LogP contribution in [0, 0.1) is 0 Å². The van der Waals surface area contributed by atoms with Gasteiger partial charge >= 0.3 is 6.09 Å². The molecule has 5 nitrogen and oxygen atoms in total. The van der Waals surface area contributed by atoms with Gasteiger partial charge in [0.2, 0.25) is 5.91 Å². The monoisotopic (exact) mass is 334 g/mol. The highest BCUT2D eigenvalue weighted by atomic mass is 32.2. The molecule has 23 heavy (non-hydrogen) atoms. The molecular formula is C17H22N2O3S. The van der Waals surface area contributed by atoms with E-state index in [0.717, 1.165) is 17.9 Å². The van der Waals surface area contributed by atoms with Gasteiger partial charge in [-0.1, -0.05) is 30.3 Å². The molecule has 3 rings (SSSR count). The molecule has 0 saturated carbocycles. The van der Waals surface area contributed by atoms with Gasteiger partial charge in [-0.3, -0.25) is 4.79 Å². The summed E-state index contributed by atoms with van der Waals surface area (Å²) in [5.74, 6) is 1.91. The maximum Gasteiger partial charge on any atom is 0.410 e. The standard InChI is InChI=1S/C17H22N2O3S/c1-18-12-17(22-16(18)21)8-9-19(13-17)15(20)7-10-23-11-14-5-3-2-4-6-14/h2-6H,7-13H2,1H3. The third-order valence-corrected chi connectivity index (χ3v) is 5.41. The normalized spacial score (nSPS) is 23.6. The fraction of sp³-hybridized carbons (Fsp3) is 0.529. The molecule has 1 aromatic rings. The Bertz CT molecular complexity index is 580. The molecule has 1 spiro atoms. The molecule has 6 heteroatoms. The summed E-state index contributed by atoms with van der Waals surface area (Å²) in [6.07, 6.45) is 1.00. The fourth-order valence-electron chi connectivity index (χ4n) is 3.14. The molecule has 0 aromatic heterocycles. The first-order chi connectivity index (χ1) is 11.1. The number of amides is 2. The van der Waals surface area contributed by atoms with E-state index in [-0.39, 0.29) is 12.0 Å². The van der Waals surface area contributed by atoms with Crippen molar-refractivity contribution in [3.8, 4) is 0 Å². The number of thioether (sulfide) groups is 1. The third-order valence-electron chi connectivity index (χ3n) is 4.38. The fourth-order valence-corrected chi connectivity index (χ4v) is 4.04. The Morgan fingerprint density at radius 3 is 2.78 bits per heavy atom. The number of nitrogens with zero attached hydrogens (tertiary/aromatic N) is 2. The van der Waals surface area contributed by atoms with E-state index in [9.17, 15) is 9.59 Å². The summed E-state index contributed by atoms with van der Waals surface area (Å²) >= 11 is 1.78. The van der Waals surface area contributed by atoms with Gasteiger partial charge in [0, 0.05) is 37.9 Å². The Kier molecular flexibility index (Phi) is 4.80. The van der Waals surface area contributed by atoms with E-state index >= 15 is 0 Å². The zero-order valence-electron chi connectivity index (χ0n) is 13.4. The van der Waals surface area contributed by atoms with Crippen LogP contribution in [-0.2, 0) is 15.3 Å². The molecule has 0 radical (unpaired) electrons. The van der Waals surface area contributed by atoms with E-state index in [1.54, 1.807) is 23.7 Å². The molecule has 2 aliphatic rings. The van der Waals surface area contributed by atoms with Gasteiger partial charge < -0.3 is 14.5 Å². The number of carbonyl (C=O) groups is 2. The van der Waals surface area contributed by atoms with E-state index < -0.39 is 5.60 Å². The summed E-state index contributed by atoms with van der Waals surface area (Å²) in [4.78, 5) is 27.3. The van der Waals surface area contributed by atoms with Crippen molar-refractivity contribution >= 4 is 23.8 Å². The van der Waals surface area contributed by atoms with Gasteiger partial charge in [-0.2, -0.15) is 11.8 Å². The molecule has 0 bridgehead atoms. The highest BCUT2D eigenvalue weighted by Gasteiger charge is 2.49. The quantitative estimate of drug-likeness (QED) is 0.776. The molecule has 2 fully saturated rings. The van der Waals surface area contributed by atoms with Gasteiger partial charge in [-0.25, -0.2) is 4.79 Å². The summed E-state index contributed by atoms with van der Waals surface area (Å²) in [6.45, 7) is 1.80. The smallest absolute Gasteiger partial charge is 0.410 e. The van der Waals surface area contributed by atoms with Crippen molar-refractivity contribution in [3.63, 3.8) is 0 Å². The Hall–Kier alpha value is -1.69. The topological polar surface area (TPSA) is 49.9 Å². The van der Waals surface area contributed by atoms with E-state index in [0.29, 0.717) is 26.1 Å². The molecule has 0 N–H and O–H groups in total. The summed E-state index contributed by atoms with van der Waals surface area (Å²) in [5, 5.41) is 0. The van der Waals surface area contributed by atoms with E-state index in [4.69, 9.17) is 4.74 Å². The van der Waals surface area contributed by atoms with Crippen LogP contribution in [0.3, 0.4) is 0 Å². The second kappa shape index (κ2) is 6.83. The van der Waals surface area contributed by atoms with Crippen molar-refractivity contribution in [2.75, 3.05) is 32.4 Å². The Morgan fingerprint density at radius 1 is 1.30 bits per heavy atom. The minimum atomic E-state index is -0.474. The van der Waals surface area contributed by atoms with Gasteiger partial charge in [0.05, 0.1) is 13.1 Å². The molecule has 2 saturated heterocycles. The van der Waals surface area contributed by atoms with E-state index in [1.165, 1.54) is 5.56 Å². The van der Waals surface area contributed by atoms with Gasteiger partial charge in [0.1, 0.15) is 0 Å². The number of rotatable bonds is 5. The van der Waals surface area contributed by atoms with E-state index in [1.807, 2.05) is 23.1 Å². The highest BCUT2D eigenvalue weighted by Crippen LogP contribution is 2.32. The SMILES string of the molecule is CN1CC2(CCN(C(=O)CCSCc3ccccc3)C2)OC1=O. The van der Waals surface area contributed by atoms with Crippen molar-refractivity contribution in [3.05, 3.63) is 35.9 Å². The van der Waals surface area contributed by atoms with Gasteiger partial charge in [0.25, 0.3) is 0 Å². The van der Waals surface area contributed by atoms with Crippen LogP contribution in [-0.4, -0.2) is 59.8 Å². The van der Waals surface area contributed by atoms with Crippen LogP contribution in [0.5, 0.6) is 0 Å². The molecule has 2 aliphatic heterocycles. The largest absolute Gasteiger partial charge is 0.439 e. The van der Waals surface area contributed by atoms with Crippen LogP contribution >= 0.6 is 11.8 Å². The Labute approximate surface area is 141 Å². The average Bonchev–Trinajstić information content (AvgIpc) is 3.08. The number of carbonyl (C=O) groups excluding carboxylic acids is 2. The van der Waals surface area contributed by atoms with Crippen LogP contribution in [0.25, 0.3) is 0 Å². The lowest BCUT2D eigenvalue weighted by Gasteiger charge is -2.21. The van der Waals surface area contributed by atoms with Crippen molar-refractivity contribution in [1.29, 1.82) is 0 Å². The zero-order chi connectivity index (χ0) is 16.3. The number of ether oxygens (including phenoxy) is 1. The van der Waals surface area contributed by atoms with Crippen molar-refractivity contribution < 1.29 is 14.3 Å². The summed E-state index contributed by atoms with van der Waals surface area (Å²) < 4.78 is 5.47. The third kappa shape index (κ3) is 3.80. The first kappa shape index (κ1) is 16.2. The van der Waals surface area contributed by atoms with Gasteiger partial charge in [-0.15, -0.1) is 0 Å². The number of hydrogen-bond acceptors (Lipinski definition) is 4. The Morgan fingerprint density at radius 2 is 2.09 bits per heavy atom. The van der Waals surface area contributed by atoms with E-state index in [2.05, 4.69) is 12.1 Å². The number of likely N-dealkylation sites (tertiary alicyclic amines) is 1. The predicted octanol–water partition coefficient (Wildman–Crippen LogP) is 2.36. The second-order valence-corrected chi connectivity index (χ2v) is 7.37. The summed E-state index contributed by atoms with van der Waals surface area (Å²) in [6, 6.07) is 10.3. The second-order valence-electron chi connectivity index (χ2n) is 6.26. The summed E-state index contributed by atoms with van der Waals surface area (Å²) in [7, 11) is 1.74. The minimum Gasteiger partial charge on any atom is -0.439 e. The lowest BCUT2D eigenvalue weighted by atomic mass is 10.0. The van der Waals surface area contributed by atoms with Crippen LogP contribution < -0.4 is 0 Å². The van der Waals surface area contributed by atoms with Crippen molar-refractivity contribution in [1.82, 2.24) is 9.80 Å². The maximum atomic E-state index is 12.3. The molecule has 2 amide bonds. The average molecular weight is 334 g/mol. The molecule has 1 unspecified atom stereocenters. The van der Waals surface area contributed by atoms with Crippen LogP contribution in [0.4, 0.5) is 4.79 Å². The molecular weight excluding hydrogens is 312 g/mol. The Balaban J connectivity index is 1.41. The first-order valence-corrected chi connectivity index (χ1v) is 9.07.